The molecule has 3 heterocycles. The average molecular weight is 308 g/mol. The largest absolute Gasteiger partial charge is 0.276 e. The Bertz CT molecular complexity index is 1320. The highest BCUT2D eigenvalue weighted by Crippen LogP contribution is 2.28. The third-order valence-corrected chi connectivity index (χ3v) is 4.50. The van der Waals surface area contributed by atoms with Gasteiger partial charge in [-0.15, -0.1) is 0 Å². The summed E-state index contributed by atoms with van der Waals surface area (Å²) in [6.07, 6.45) is 0. The van der Waals surface area contributed by atoms with Gasteiger partial charge in [0.25, 0.3) is 0 Å². The van der Waals surface area contributed by atoms with Gasteiger partial charge >= 0.3 is 0 Å². The molecule has 0 amide bonds. The Hall–Kier alpha value is -3.45. The van der Waals surface area contributed by atoms with Crippen LogP contribution in [0.25, 0.3) is 38.6 Å². The molecule has 112 valence electrons. The number of aromatic nitrogens is 3. The van der Waals surface area contributed by atoms with E-state index in [9.17, 15) is 5.26 Å². The fourth-order valence-corrected chi connectivity index (χ4v) is 3.32. The predicted octanol–water partition coefficient (Wildman–Crippen LogP) is 4.37. The summed E-state index contributed by atoms with van der Waals surface area (Å²) in [6.45, 7) is 2.08. The molecule has 0 N–H and O–H groups in total. The lowest BCUT2D eigenvalue weighted by atomic mass is 10.1. The number of nitriles is 1. The first kappa shape index (κ1) is 13.0. The fourth-order valence-electron chi connectivity index (χ4n) is 3.32. The van der Waals surface area contributed by atoms with Gasteiger partial charge in [-0.3, -0.25) is 4.40 Å². The maximum absolute atomic E-state index is 9.21. The zero-order valence-corrected chi connectivity index (χ0v) is 13.0. The summed E-state index contributed by atoms with van der Waals surface area (Å²) in [5.41, 5.74) is 6.24. The lowest BCUT2D eigenvalue weighted by Crippen LogP contribution is -1.95. The molecule has 2 aromatic carbocycles. The van der Waals surface area contributed by atoms with Crippen LogP contribution < -0.4 is 0 Å². The van der Waals surface area contributed by atoms with Crippen molar-refractivity contribution in [2.24, 2.45) is 0 Å². The summed E-state index contributed by atoms with van der Waals surface area (Å²) in [4.78, 5) is 9.58. The highest BCUT2D eigenvalue weighted by molar-refractivity contribution is 5.97. The fraction of sp³-hybridized carbons (Fsp3) is 0.0500. The van der Waals surface area contributed by atoms with Crippen molar-refractivity contribution in [1.82, 2.24) is 14.4 Å². The van der Waals surface area contributed by atoms with Crippen molar-refractivity contribution in [1.29, 1.82) is 5.26 Å². The molecule has 4 heteroatoms. The van der Waals surface area contributed by atoms with Gasteiger partial charge in [0.2, 0.25) is 0 Å². The molecule has 5 aromatic rings. The molecule has 0 spiro atoms. The number of hydrogen-bond acceptors (Lipinski definition) is 3. The van der Waals surface area contributed by atoms with Crippen molar-refractivity contribution < 1.29 is 0 Å². The second-order valence-electron chi connectivity index (χ2n) is 6.00. The van der Waals surface area contributed by atoms with Gasteiger partial charge in [0.15, 0.2) is 0 Å². The molecule has 0 fully saturated rings. The highest BCUT2D eigenvalue weighted by atomic mass is 15.1. The topological polar surface area (TPSA) is 54.0 Å². The number of fused-ring (bicyclic) bond motifs is 6. The number of nitrogens with zero attached hydrogens (tertiary/aromatic N) is 4. The van der Waals surface area contributed by atoms with Gasteiger partial charge in [0.05, 0.1) is 28.2 Å². The van der Waals surface area contributed by atoms with E-state index in [-0.39, 0.29) is 0 Å². The van der Waals surface area contributed by atoms with Gasteiger partial charge in [0.1, 0.15) is 11.3 Å². The number of rotatable bonds is 0. The monoisotopic (exact) mass is 308 g/mol. The molecule has 0 saturated carbocycles. The van der Waals surface area contributed by atoms with Gasteiger partial charge in [-0.2, -0.15) is 5.26 Å². The summed E-state index contributed by atoms with van der Waals surface area (Å²) >= 11 is 0. The smallest absolute Gasteiger partial charge is 0.147 e. The summed E-state index contributed by atoms with van der Waals surface area (Å²) in [5.74, 6) is 0. The molecule has 3 aromatic heterocycles. The van der Waals surface area contributed by atoms with E-state index in [1.54, 1.807) is 6.07 Å². The lowest BCUT2D eigenvalue weighted by Gasteiger charge is -2.08. The standard InChI is InChI=1S/C20H12N4/c1-12-8-19-22-17-7-6-13(11-21)9-18(17)24(19)20-15(12)10-14-4-2-3-5-16(14)23-20/h2-10H,1H3. The van der Waals surface area contributed by atoms with Crippen LogP contribution in [-0.2, 0) is 0 Å². The second kappa shape index (κ2) is 4.53. The van der Waals surface area contributed by atoms with E-state index in [4.69, 9.17) is 9.97 Å². The molecule has 0 unspecified atom stereocenters. The van der Waals surface area contributed by atoms with Crippen LogP contribution in [0.5, 0.6) is 0 Å². The zero-order valence-electron chi connectivity index (χ0n) is 13.0. The van der Waals surface area contributed by atoms with E-state index in [0.29, 0.717) is 5.56 Å². The first-order valence-corrected chi connectivity index (χ1v) is 7.76. The van der Waals surface area contributed by atoms with E-state index in [1.807, 2.05) is 34.7 Å². The van der Waals surface area contributed by atoms with Crippen LogP contribution in [0.4, 0.5) is 0 Å². The molecular weight excluding hydrogens is 296 g/mol. The van der Waals surface area contributed by atoms with Crippen molar-refractivity contribution in [3.63, 3.8) is 0 Å². The molecule has 0 atom stereocenters. The quantitative estimate of drug-likeness (QED) is 0.399. The maximum atomic E-state index is 9.21. The molecule has 0 radical (unpaired) electrons. The van der Waals surface area contributed by atoms with Crippen LogP contribution in [0.15, 0.2) is 54.6 Å². The molecule has 0 aliphatic rings. The lowest BCUT2D eigenvalue weighted by molar-refractivity contribution is 1.23. The predicted molar refractivity (Wildman–Crippen MR) is 95.0 cm³/mol. The third-order valence-electron chi connectivity index (χ3n) is 4.50. The van der Waals surface area contributed by atoms with Crippen LogP contribution in [0.3, 0.4) is 0 Å². The number of para-hydroxylation sites is 1. The van der Waals surface area contributed by atoms with E-state index >= 15 is 0 Å². The summed E-state index contributed by atoms with van der Waals surface area (Å²) in [6, 6.07) is 20.1. The maximum Gasteiger partial charge on any atom is 0.147 e. The van der Waals surface area contributed by atoms with Crippen molar-refractivity contribution in [2.45, 2.75) is 6.92 Å². The number of hydrogen-bond donors (Lipinski definition) is 0. The first-order valence-electron chi connectivity index (χ1n) is 7.76. The third kappa shape index (κ3) is 1.67. The molecule has 24 heavy (non-hydrogen) atoms. The molecule has 0 bridgehead atoms. The number of pyridine rings is 2. The SMILES string of the molecule is Cc1cc2nc3ccc(C#N)cc3n2c2nc3ccccc3cc12. The Balaban J connectivity index is 2.07. The van der Waals surface area contributed by atoms with Crippen LogP contribution in [-0.4, -0.2) is 14.4 Å². The van der Waals surface area contributed by atoms with Crippen molar-refractivity contribution in [3.05, 3.63) is 65.7 Å². The Morgan fingerprint density at radius 1 is 0.958 bits per heavy atom. The minimum Gasteiger partial charge on any atom is -0.276 e. The molecule has 0 saturated heterocycles. The number of imidazole rings is 1. The van der Waals surface area contributed by atoms with Crippen LogP contribution in [0.1, 0.15) is 11.1 Å². The van der Waals surface area contributed by atoms with Crippen LogP contribution in [0.2, 0.25) is 0 Å². The second-order valence-corrected chi connectivity index (χ2v) is 6.00. The van der Waals surface area contributed by atoms with E-state index in [0.717, 1.165) is 44.2 Å². The Kier molecular flexibility index (Phi) is 2.46. The normalized spacial score (nSPS) is 11.5. The molecule has 5 rings (SSSR count). The highest BCUT2D eigenvalue weighted by Gasteiger charge is 2.12. The molecular formula is C20H12N4. The van der Waals surface area contributed by atoms with Crippen molar-refractivity contribution in [3.8, 4) is 6.07 Å². The minimum absolute atomic E-state index is 0.624. The summed E-state index contributed by atoms with van der Waals surface area (Å²) in [5, 5.41) is 11.4. The van der Waals surface area contributed by atoms with E-state index < -0.39 is 0 Å². The first-order chi connectivity index (χ1) is 11.7. The Labute approximate surface area is 137 Å². The molecule has 0 aliphatic carbocycles. The van der Waals surface area contributed by atoms with E-state index in [2.05, 4.69) is 31.2 Å². The number of benzene rings is 2. The Morgan fingerprint density at radius 2 is 1.83 bits per heavy atom. The molecule has 4 nitrogen and oxygen atoms in total. The van der Waals surface area contributed by atoms with Gasteiger partial charge in [-0.05, 0) is 48.9 Å². The summed E-state index contributed by atoms with van der Waals surface area (Å²) < 4.78 is 2.05. The molecule has 0 aliphatic heterocycles. The Morgan fingerprint density at radius 3 is 2.71 bits per heavy atom. The van der Waals surface area contributed by atoms with Gasteiger partial charge in [0, 0.05) is 10.8 Å². The zero-order chi connectivity index (χ0) is 16.3. The number of aryl methyl sites for hydroxylation is 1. The van der Waals surface area contributed by atoms with Crippen molar-refractivity contribution >= 4 is 38.6 Å². The summed E-state index contributed by atoms with van der Waals surface area (Å²) in [7, 11) is 0. The van der Waals surface area contributed by atoms with Crippen LogP contribution >= 0.6 is 0 Å². The average Bonchev–Trinajstić information content (AvgIpc) is 2.97. The van der Waals surface area contributed by atoms with E-state index in [1.165, 1.54) is 0 Å². The minimum atomic E-state index is 0.624. The van der Waals surface area contributed by atoms with Gasteiger partial charge in [-0.25, -0.2) is 9.97 Å². The van der Waals surface area contributed by atoms with Gasteiger partial charge in [-0.1, -0.05) is 18.2 Å². The van der Waals surface area contributed by atoms with Crippen molar-refractivity contribution in [2.75, 3.05) is 0 Å². The van der Waals surface area contributed by atoms with Crippen LogP contribution in [0, 0.1) is 18.3 Å². The van der Waals surface area contributed by atoms with Gasteiger partial charge < -0.3 is 0 Å².